The Morgan fingerprint density at radius 1 is 1.16 bits per heavy atom. The number of aromatic nitrogens is 2. The Bertz CT molecular complexity index is 1170. The lowest BCUT2D eigenvalue weighted by Crippen LogP contribution is -2.43. The number of aromatic amines is 1. The van der Waals surface area contributed by atoms with E-state index in [1.54, 1.807) is 12.1 Å². The van der Waals surface area contributed by atoms with E-state index in [0.717, 1.165) is 40.0 Å². The van der Waals surface area contributed by atoms with Crippen LogP contribution < -0.4 is 0 Å². The summed E-state index contributed by atoms with van der Waals surface area (Å²) >= 11 is 0. The Balaban J connectivity index is 1.61. The average Bonchev–Trinajstić information content (AvgIpc) is 3.21. The first-order valence-electron chi connectivity index (χ1n) is 11.1. The molecule has 1 spiro atoms. The first-order chi connectivity index (χ1) is 14.6. The van der Waals surface area contributed by atoms with Gasteiger partial charge in [0, 0.05) is 48.4 Å². The van der Waals surface area contributed by atoms with Crippen molar-refractivity contribution in [3.8, 4) is 0 Å². The summed E-state index contributed by atoms with van der Waals surface area (Å²) in [6, 6.07) is 4.82. The van der Waals surface area contributed by atoms with Crippen LogP contribution in [0.4, 0.5) is 13.2 Å². The highest BCUT2D eigenvalue weighted by atomic mass is 19.3. The molecule has 0 unspecified atom stereocenters. The number of allylic oxidation sites excluding steroid dienone is 2. The summed E-state index contributed by atoms with van der Waals surface area (Å²) in [6.07, 6.45) is 2.79. The smallest absolute Gasteiger partial charge is 0.249 e. The minimum atomic E-state index is -2.65. The van der Waals surface area contributed by atoms with Crippen molar-refractivity contribution < 1.29 is 18.0 Å². The number of aryl methyl sites for hydroxylation is 1. The van der Waals surface area contributed by atoms with Gasteiger partial charge in [0.2, 0.25) is 5.92 Å². The summed E-state index contributed by atoms with van der Waals surface area (Å²) in [7, 11) is 0. The zero-order valence-electron chi connectivity index (χ0n) is 17.7. The molecule has 1 fully saturated rings. The van der Waals surface area contributed by atoms with Crippen molar-refractivity contribution in [3.05, 3.63) is 63.2 Å². The molecule has 0 aliphatic heterocycles. The van der Waals surface area contributed by atoms with Crippen LogP contribution in [0.5, 0.6) is 0 Å². The molecule has 1 N–H and O–H groups in total. The van der Waals surface area contributed by atoms with Crippen LogP contribution in [0.1, 0.15) is 79.9 Å². The molecule has 6 rings (SSSR count). The highest BCUT2D eigenvalue weighted by Crippen LogP contribution is 2.60. The number of nitrogens with one attached hydrogen (secondary N) is 1. The largest absolute Gasteiger partial charge is 0.294 e. The molecule has 6 heteroatoms. The average molecular weight is 426 g/mol. The topological polar surface area (TPSA) is 45.8 Å². The van der Waals surface area contributed by atoms with Gasteiger partial charge in [-0.25, -0.2) is 13.2 Å². The van der Waals surface area contributed by atoms with Gasteiger partial charge in [0.15, 0.2) is 5.78 Å². The molecule has 1 saturated carbocycles. The summed E-state index contributed by atoms with van der Waals surface area (Å²) in [5, 5.41) is 7.70. The molecule has 0 amide bonds. The number of hydrogen-bond donors (Lipinski definition) is 1. The fourth-order valence-electron chi connectivity index (χ4n) is 6.79. The molecular formula is C25H25F3N2O. The van der Waals surface area contributed by atoms with Crippen LogP contribution in [-0.4, -0.2) is 21.9 Å². The molecule has 0 saturated heterocycles. The van der Waals surface area contributed by atoms with Crippen LogP contribution in [0.15, 0.2) is 29.3 Å². The standard InChI is InChI=1S/C25H25F3N2O/c1-23(2)9-14-8-18-21(22(30-29-18)15-10-24(27,28)11-15)25(20(14)19(31)12-23)6-5-13-7-16(26)3-4-17(13)25/h3-4,7,15H,5-6,8-12H2,1-2H3,(H,29,30)/t25-/m1/s1. The molecule has 0 bridgehead atoms. The molecule has 3 nitrogen and oxygen atoms in total. The molecule has 1 atom stereocenters. The van der Waals surface area contributed by atoms with Gasteiger partial charge >= 0.3 is 0 Å². The number of hydrogen-bond acceptors (Lipinski definition) is 2. The van der Waals surface area contributed by atoms with Gasteiger partial charge in [-0.2, -0.15) is 5.10 Å². The van der Waals surface area contributed by atoms with Crippen LogP contribution in [-0.2, 0) is 23.1 Å². The van der Waals surface area contributed by atoms with Crippen LogP contribution in [0, 0.1) is 11.2 Å². The maximum Gasteiger partial charge on any atom is 0.249 e. The van der Waals surface area contributed by atoms with Gasteiger partial charge in [-0.3, -0.25) is 9.89 Å². The van der Waals surface area contributed by atoms with E-state index in [2.05, 4.69) is 24.0 Å². The number of rotatable bonds is 1. The monoisotopic (exact) mass is 426 g/mol. The molecule has 162 valence electrons. The molecular weight excluding hydrogens is 401 g/mol. The van der Waals surface area contributed by atoms with E-state index in [1.807, 2.05) is 0 Å². The van der Waals surface area contributed by atoms with Gasteiger partial charge in [-0.05, 0) is 47.9 Å². The Hall–Kier alpha value is -2.37. The maximum atomic E-state index is 14.0. The van der Waals surface area contributed by atoms with E-state index in [1.165, 1.54) is 6.07 Å². The van der Waals surface area contributed by atoms with Gasteiger partial charge in [-0.1, -0.05) is 25.5 Å². The second-order valence-corrected chi connectivity index (χ2v) is 10.7. The maximum absolute atomic E-state index is 14.0. The molecule has 1 heterocycles. The van der Waals surface area contributed by atoms with Crippen LogP contribution in [0.2, 0.25) is 0 Å². The minimum absolute atomic E-state index is 0.113. The molecule has 31 heavy (non-hydrogen) atoms. The Morgan fingerprint density at radius 3 is 2.68 bits per heavy atom. The summed E-state index contributed by atoms with van der Waals surface area (Å²) in [4.78, 5) is 13.6. The Morgan fingerprint density at radius 2 is 1.94 bits per heavy atom. The quantitative estimate of drug-likeness (QED) is 0.651. The van der Waals surface area contributed by atoms with Crippen molar-refractivity contribution in [2.45, 2.75) is 76.0 Å². The lowest BCUT2D eigenvalue weighted by atomic mass is 9.57. The van der Waals surface area contributed by atoms with Gasteiger partial charge in [-0.15, -0.1) is 0 Å². The number of carbonyl (C=O) groups is 1. The fourth-order valence-corrected chi connectivity index (χ4v) is 6.79. The number of fused-ring (bicyclic) bond motifs is 5. The number of alkyl halides is 2. The van der Waals surface area contributed by atoms with E-state index in [9.17, 15) is 18.0 Å². The summed E-state index contributed by atoms with van der Waals surface area (Å²) in [5.74, 6) is -3.11. The number of Topliss-reactive ketones (excluding diaryl/α,β-unsaturated/α-hetero) is 1. The second-order valence-electron chi connectivity index (χ2n) is 10.7. The third-order valence-corrected chi connectivity index (χ3v) is 7.85. The number of benzene rings is 1. The van der Waals surface area contributed by atoms with E-state index < -0.39 is 11.3 Å². The van der Waals surface area contributed by atoms with Crippen molar-refractivity contribution in [2.75, 3.05) is 0 Å². The van der Waals surface area contributed by atoms with Gasteiger partial charge in [0.25, 0.3) is 0 Å². The van der Waals surface area contributed by atoms with Crippen LogP contribution in [0.3, 0.4) is 0 Å². The highest BCUT2D eigenvalue weighted by molar-refractivity contribution is 6.02. The van der Waals surface area contributed by atoms with Gasteiger partial charge in [0.1, 0.15) is 5.82 Å². The molecule has 4 aliphatic carbocycles. The zero-order valence-corrected chi connectivity index (χ0v) is 17.7. The third-order valence-electron chi connectivity index (χ3n) is 7.85. The molecule has 1 aromatic carbocycles. The number of nitrogens with zero attached hydrogens (tertiary/aromatic N) is 1. The van der Waals surface area contributed by atoms with Crippen molar-refractivity contribution in [1.29, 1.82) is 0 Å². The van der Waals surface area contributed by atoms with Crippen LogP contribution in [0.25, 0.3) is 0 Å². The number of H-pyrrole nitrogens is 1. The zero-order chi connectivity index (χ0) is 21.8. The lowest BCUT2D eigenvalue weighted by Gasteiger charge is -2.45. The van der Waals surface area contributed by atoms with Crippen molar-refractivity contribution in [1.82, 2.24) is 10.2 Å². The van der Waals surface area contributed by atoms with Crippen molar-refractivity contribution >= 4 is 5.78 Å². The number of ketones is 1. The predicted octanol–water partition coefficient (Wildman–Crippen LogP) is 5.54. The summed E-state index contributed by atoms with van der Waals surface area (Å²) in [6.45, 7) is 4.23. The predicted molar refractivity (Wildman–Crippen MR) is 110 cm³/mol. The normalized spacial score (nSPS) is 28.4. The first kappa shape index (κ1) is 19.3. The molecule has 2 aromatic rings. The SMILES string of the molecule is CC1(C)CC(=O)C2=C(Cc3[nH]nc(C4CC(F)(F)C4)c3[C@@]23CCc2cc(F)ccc23)C1. The van der Waals surface area contributed by atoms with Gasteiger partial charge in [0.05, 0.1) is 11.1 Å². The van der Waals surface area contributed by atoms with Crippen molar-refractivity contribution in [3.63, 3.8) is 0 Å². The van der Waals surface area contributed by atoms with E-state index in [-0.39, 0.29) is 35.8 Å². The molecule has 0 radical (unpaired) electrons. The Labute approximate surface area is 179 Å². The summed E-state index contributed by atoms with van der Waals surface area (Å²) < 4.78 is 41.5. The van der Waals surface area contributed by atoms with Crippen molar-refractivity contribution in [2.24, 2.45) is 5.41 Å². The number of carbonyl (C=O) groups excluding carboxylic acids is 1. The second kappa shape index (κ2) is 5.90. The van der Waals surface area contributed by atoms with Crippen LogP contribution >= 0.6 is 0 Å². The highest BCUT2D eigenvalue weighted by Gasteiger charge is 2.56. The molecule has 4 aliphatic rings. The van der Waals surface area contributed by atoms with Gasteiger partial charge < -0.3 is 0 Å². The lowest BCUT2D eigenvalue weighted by molar-refractivity contribution is -0.118. The fraction of sp³-hybridized carbons (Fsp3) is 0.520. The van der Waals surface area contributed by atoms with E-state index in [0.29, 0.717) is 31.4 Å². The Kier molecular flexibility index (Phi) is 3.68. The minimum Gasteiger partial charge on any atom is -0.294 e. The summed E-state index contributed by atoms with van der Waals surface area (Å²) in [5.41, 5.74) is 5.54. The first-order valence-corrected chi connectivity index (χ1v) is 11.1. The third kappa shape index (κ3) is 2.60. The van der Waals surface area contributed by atoms with E-state index in [4.69, 9.17) is 0 Å². The van der Waals surface area contributed by atoms with E-state index >= 15 is 0 Å². The molecule has 1 aromatic heterocycles. The number of halogens is 3.